The molecule has 7 nitrogen and oxygen atoms in total. The molecule has 2 rings (SSSR count). The van der Waals surface area contributed by atoms with Gasteiger partial charge in [0.2, 0.25) is 15.9 Å². The summed E-state index contributed by atoms with van der Waals surface area (Å²) in [6, 6.07) is 4.78. The number of nitrogens with two attached hydrogens (primary N) is 2. The van der Waals surface area contributed by atoms with Crippen molar-refractivity contribution >= 4 is 27.3 Å². The van der Waals surface area contributed by atoms with Crippen LogP contribution in [0.1, 0.15) is 13.3 Å². The number of nitrogen functional groups attached to an aromatic ring is 1. The Hall–Kier alpha value is -1.80. The first-order chi connectivity index (χ1) is 9.27. The number of hydrogen-bond donors (Lipinski definition) is 3. The Labute approximate surface area is 118 Å². The van der Waals surface area contributed by atoms with Crippen molar-refractivity contribution in [2.75, 3.05) is 23.7 Å². The molecule has 1 atom stereocenters. The molecule has 5 N–H and O–H groups in total. The van der Waals surface area contributed by atoms with Gasteiger partial charge < -0.3 is 16.0 Å². The minimum Gasteiger partial charge on any atom is -0.398 e. The molecule has 1 aromatic carbocycles. The fourth-order valence-corrected chi connectivity index (χ4v) is 3.04. The van der Waals surface area contributed by atoms with Crippen LogP contribution in [0.15, 0.2) is 23.1 Å². The van der Waals surface area contributed by atoms with Gasteiger partial charge in [0.05, 0.1) is 5.69 Å². The smallest absolute Gasteiger partial charge is 0.240 e. The van der Waals surface area contributed by atoms with Gasteiger partial charge in [0.1, 0.15) is 4.90 Å². The molecule has 0 spiro atoms. The lowest BCUT2D eigenvalue weighted by molar-refractivity contribution is -0.119. The first-order valence-corrected chi connectivity index (χ1v) is 7.76. The van der Waals surface area contributed by atoms with Gasteiger partial charge in [-0.3, -0.25) is 4.79 Å². The average Bonchev–Trinajstić information content (AvgIpc) is 2.74. The van der Waals surface area contributed by atoms with Gasteiger partial charge in [0, 0.05) is 31.7 Å². The predicted octanol–water partition coefficient (Wildman–Crippen LogP) is -0.369. The molecule has 1 saturated heterocycles. The van der Waals surface area contributed by atoms with E-state index in [1.54, 1.807) is 12.1 Å². The molecule has 0 aromatic heterocycles. The Kier molecular flexibility index (Phi) is 3.87. The van der Waals surface area contributed by atoms with Crippen LogP contribution in [-0.2, 0) is 14.8 Å². The zero-order chi connectivity index (χ0) is 14.9. The SMILES string of the molecule is CC(=O)NC1CCN(c2ccc(S(N)(=O)=O)c(N)c2)C1. The third kappa shape index (κ3) is 3.20. The van der Waals surface area contributed by atoms with Gasteiger partial charge >= 0.3 is 0 Å². The van der Waals surface area contributed by atoms with Crippen molar-refractivity contribution in [3.63, 3.8) is 0 Å². The van der Waals surface area contributed by atoms with Gasteiger partial charge in [0.25, 0.3) is 0 Å². The van der Waals surface area contributed by atoms with Crippen molar-refractivity contribution in [2.45, 2.75) is 24.3 Å². The number of sulfonamides is 1. The second-order valence-corrected chi connectivity index (χ2v) is 6.43. The molecule has 1 aliphatic heterocycles. The molecular weight excluding hydrogens is 280 g/mol. The summed E-state index contributed by atoms with van der Waals surface area (Å²) in [5.74, 6) is -0.0547. The molecular formula is C12H18N4O3S. The Balaban J connectivity index is 2.16. The van der Waals surface area contributed by atoms with E-state index in [1.165, 1.54) is 13.0 Å². The topological polar surface area (TPSA) is 119 Å². The van der Waals surface area contributed by atoms with Crippen LogP contribution in [0.3, 0.4) is 0 Å². The Bertz CT molecular complexity index is 630. The number of hydrogen-bond acceptors (Lipinski definition) is 5. The highest BCUT2D eigenvalue weighted by Gasteiger charge is 2.24. The van der Waals surface area contributed by atoms with E-state index < -0.39 is 10.0 Å². The van der Waals surface area contributed by atoms with Gasteiger partial charge in [0.15, 0.2) is 0 Å². The molecule has 1 fully saturated rings. The number of amides is 1. The highest BCUT2D eigenvalue weighted by atomic mass is 32.2. The number of rotatable bonds is 3. The molecule has 0 aliphatic carbocycles. The van der Waals surface area contributed by atoms with E-state index in [9.17, 15) is 13.2 Å². The van der Waals surface area contributed by atoms with Gasteiger partial charge in [-0.05, 0) is 24.6 Å². The third-order valence-corrected chi connectivity index (χ3v) is 4.25. The van der Waals surface area contributed by atoms with Gasteiger partial charge in [-0.25, -0.2) is 13.6 Å². The lowest BCUT2D eigenvalue weighted by Gasteiger charge is -2.20. The van der Waals surface area contributed by atoms with E-state index in [0.29, 0.717) is 6.54 Å². The Morgan fingerprint density at radius 2 is 2.15 bits per heavy atom. The van der Waals surface area contributed by atoms with Crippen molar-refractivity contribution in [3.05, 3.63) is 18.2 Å². The molecule has 0 radical (unpaired) electrons. The number of carbonyl (C=O) groups is 1. The van der Waals surface area contributed by atoms with Crippen LogP contribution in [0.5, 0.6) is 0 Å². The Morgan fingerprint density at radius 1 is 1.45 bits per heavy atom. The maximum Gasteiger partial charge on any atom is 0.240 e. The van der Waals surface area contributed by atoms with E-state index in [-0.39, 0.29) is 22.5 Å². The summed E-state index contributed by atoms with van der Waals surface area (Å²) >= 11 is 0. The first-order valence-electron chi connectivity index (χ1n) is 6.22. The van der Waals surface area contributed by atoms with Crippen LogP contribution in [-0.4, -0.2) is 33.5 Å². The van der Waals surface area contributed by atoms with Crippen LogP contribution < -0.4 is 21.1 Å². The van der Waals surface area contributed by atoms with Gasteiger partial charge in [-0.2, -0.15) is 0 Å². The molecule has 110 valence electrons. The highest BCUT2D eigenvalue weighted by Crippen LogP contribution is 2.26. The third-order valence-electron chi connectivity index (χ3n) is 3.26. The zero-order valence-electron chi connectivity index (χ0n) is 11.2. The number of carbonyl (C=O) groups excluding carboxylic acids is 1. The van der Waals surface area contributed by atoms with Crippen LogP contribution in [0.4, 0.5) is 11.4 Å². The van der Waals surface area contributed by atoms with Crippen molar-refractivity contribution in [3.8, 4) is 0 Å². The van der Waals surface area contributed by atoms with Gasteiger partial charge in [-0.1, -0.05) is 0 Å². The summed E-state index contributed by atoms with van der Waals surface area (Å²) in [5.41, 5.74) is 6.69. The molecule has 1 amide bonds. The summed E-state index contributed by atoms with van der Waals surface area (Å²) in [7, 11) is -3.80. The minimum atomic E-state index is -3.80. The monoisotopic (exact) mass is 298 g/mol. The van der Waals surface area contributed by atoms with Crippen molar-refractivity contribution in [1.82, 2.24) is 5.32 Å². The van der Waals surface area contributed by atoms with Gasteiger partial charge in [-0.15, -0.1) is 0 Å². The van der Waals surface area contributed by atoms with E-state index in [4.69, 9.17) is 10.9 Å². The number of anilines is 2. The summed E-state index contributed by atoms with van der Waals surface area (Å²) in [6.07, 6.45) is 0.844. The fourth-order valence-electron chi connectivity index (χ4n) is 2.39. The summed E-state index contributed by atoms with van der Waals surface area (Å²) in [4.78, 5) is 13.0. The standard InChI is InChI=1S/C12H18N4O3S/c1-8(17)15-9-4-5-16(7-9)10-2-3-12(11(13)6-10)20(14,18)19/h2-3,6,9H,4-5,7,13H2,1H3,(H,15,17)(H2,14,18,19). The lowest BCUT2D eigenvalue weighted by atomic mass is 10.2. The van der Waals surface area contributed by atoms with E-state index in [2.05, 4.69) is 5.32 Å². The van der Waals surface area contributed by atoms with Crippen LogP contribution >= 0.6 is 0 Å². The van der Waals surface area contributed by atoms with E-state index in [1.807, 2.05) is 4.90 Å². The highest BCUT2D eigenvalue weighted by molar-refractivity contribution is 7.89. The van der Waals surface area contributed by atoms with Crippen molar-refractivity contribution in [2.24, 2.45) is 5.14 Å². The second kappa shape index (κ2) is 5.29. The predicted molar refractivity (Wildman–Crippen MR) is 76.7 cm³/mol. The molecule has 1 unspecified atom stereocenters. The van der Waals surface area contributed by atoms with Crippen molar-refractivity contribution in [1.29, 1.82) is 0 Å². The minimum absolute atomic E-state index is 0.0547. The average molecular weight is 298 g/mol. The maximum absolute atomic E-state index is 11.3. The number of nitrogens with one attached hydrogen (secondary N) is 1. The second-order valence-electron chi connectivity index (χ2n) is 4.90. The lowest BCUT2D eigenvalue weighted by Crippen LogP contribution is -2.35. The zero-order valence-corrected chi connectivity index (χ0v) is 12.0. The number of nitrogens with zero attached hydrogens (tertiary/aromatic N) is 1. The first kappa shape index (κ1) is 14.6. The molecule has 1 aromatic rings. The van der Waals surface area contributed by atoms with Crippen LogP contribution in [0.2, 0.25) is 0 Å². The summed E-state index contributed by atoms with van der Waals surface area (Å²) in [6.45, 7) is 2.94. The van der Waals surface area contributed by atoms with E-state index >= 15 is 0 Å². The van der Waals surface area contributed by atoms with Crippen LogP contribution in [0, 0.1) is 0 Å². The fraction of sp³-hybridized carbons (Fsp3) is 0.417. The molecule has 1 aliphatic rings. The van der Waals surface area contributed by atoms with E-state index in [0.717, 1.165) is 18.7 Å². The molecule has 8 heteroatoms. The molecule has 1 heterocycles. The van der Waals surface area contributed by atoms with Crippen molar-refractivity contribution < 1.29 is 13.2 Å². The molecule has 0 bridgehead atoms. The normalized spacial score (nSPS) is 19.1. The molecule has 0 saturated carbocycles. The maximum atomic E-state index is 11.3. The Morgan fingerprint density at radius 3 is 2.70 bits per heavy atom. The summed E-state index contributed by atoms with van der Waals surface area (Å²) in [5, 5.41) is 7.93. The summed E-state index contributed by atoms with van der Waals surface area (Å²) < 4.78 is 22.6. The van der Waals surface area contributed by atoms with Crippen LogP contribution in [0.25, 0.3) is 0 Å². The molecule has 20 heavy (non-hydrogen) atoms. The largest absolute Gasteiger partial charge is 0.398 e. The number of benzene rings is 1. The number of primary sulfonamides is 1. The quantitative estimate of drug-likeness (QED) is 0.658.